The number of carbonyl (C=O) groups excluding carboxylic acids is 1. The van der Waals surface area contributed by atoms with Gasteiger partial charge in [-0.05, 0) is 31.4 Å². The van der Waals surface area contributed by atoms with Crippen LogP contribution in [0, 0.1) is 0 Å². The molecule has 2 N–H and O–H groups in total. The molecule has 1 amide bonds. The van der Waals surface area contributed by atoms with Gasteiger partial charge in [-0.25, -0.2) is 9.97 Å². The zero-order valence-corrected chi connectivity index (χ0v) is 12.4. The Hall–Kier alpha value is -1.66. The Morgan fingerprint density at radius 1 is 1.35 bits per heavy atom. The van der Waals surface area contributed by atoms with E-state index >= 15 is 0 Å². The van der Waals surface area contributed by atoms with Crippen LogP contribution in [0.25, 0.3) is 0 Å². The van der Waals surface area contributed by atoms with Gasteiger partial charge in [-0.1, -0.05) is 11.6 Å². The number of amides is 1. The molecule has 5 nitrogen and oxygen atoms in total. The first kappa shape index (κ1) is 13.3. The van der Waals surface area contributed by atoms with E-state index in [1.54, 1.807) is 19.2 Å². The Morgan fingerprint density at radius 2 is 2.20 bits per heavy atom. The van der Waals surface area contributed by atoms with Gasteiger partial charge in [0.05, 0.1) is 10.7 Å². The van der Waals surface area contributed by atoms with Gasteiger partial charge in [0, 0.05) is 11.9 Å². The van der Waals surface area contributed by atoms with Crippen molar-refractivity contribution in [2.75, 3.05) is 17.7 Å². The molecule has 3 rings (SSSR count). The summed E-state index contributed by atoms with van der Waals surface area (Å²) in [6.45, 7) is 0. The van der Waals surface area contributed by atoms with Crippen LogP contribution in [0.15, 0.2) is 12.1 Å². The van der Waals surface area contributed by atoms with Crippen LogP contribution in [-0.2, 0) is 12.8 Å². The van der Waals surface area contributed by atoms with E-state index in [1.807, 2.05) is 0 Å². The normalized spacial score (nSPS) is 13.1. The lowest BCUT2D eigenvalue weighted by atomic mass is 10.3. The van der Waals surface area contributed by atoms with Gasteiger partial charge in [0.1, 0.15) is 11.5 Å². The SMILES string of the molecule is CNc1ccc(Cl)c(C(=O)Nc2nc3c(s2)CCC3)n1. The summed E-state index contributed by atoms with van der Waals surface area (Å²) in [6, 6.07) is 3.37. The number of anilines is 2. The van der Waals surface area contributed by atoms with Gasteiger partial charge in [-0.15, -0.1) is 11.3 Å². The van der Waals surface area contributed by atoms with Crippen molar-refractivity contribution in [2.24, 2.45) is 0 Å². The Kier molecular flexibility index (Phi) is 3.58. The van der Waals surface area contributed by atoms with Gasteiger partial charge in [0.2, 0.25) is 0 Å². The van der Waals surface area contributed by atoms with Crippen molar-refractivity contribution >= 4 is 39.8 Å². The van der Waals surface area contributed by atoms with Gasteiger partial charge < -0.3 is 5.32 Å². The third-order valence-electron chi connectivity index (χ3n) is 3.13. The predicted octanol–water partition coefficient (Wildman–Crippen LogP) is 2.97. The zero-order valence-electron chi connectivity index (χ0n) is 10.9. The largest absolute Gasteiger partial charge is 0.373 e. The number of aromatic nitrogens is 2. The Labute approximate surface area is 125 Å². The summed E-state index contributed by atoms with van der Waals surface area (Å²) in [4.78, 5) is 22.1. The van der Waals surface area contributed by atoms with Crippen molar-refractivity contribution in [1.29, 1.82) is 0 Å². The number of rotatable bonds is 3. The summed E-state index contributed by atoms with van der Waals surface area (Å²) in [5, 5.41) is 6.60. The van der Waals surface area contributed by atoms with Crippen molar-refractivity contribution < 1.29 is 4.79 Å². The highest BCUT2D eigenvalue weighted by Crippen LogP contribution is 2.30. The molecular weight excluding hydrogens is 296 g/mol. The average molecular weight is 309 g/mol. The fourth-order valence-corrected chi connectivity index (χ4v) is 3.38. The molecule has 1 aliphatic carbocycles. The quantitative estimate of drug-likeness (QED) is 0.915. The molecule has 20 heavy (non-hydrogen) atoms. The molecule has 2 aromatic rings. The van der Waals surface area contributed by atoms with Gasteiger partial charge in [0.25, 0.3) is 5.91 Å². The second-order valence-corrected chi connectivity index (χ2v) is 5.96. The van der Waals surface area contributed by atoms with Gasteiger partial charge in [0.15, 0.2) is 5.13 Å². The first-order chi connectivity index (χ1) is 9.67. The first-order valence-corrected chi connectivity index (χ1v) is 7.51. The summed E-state index contributed by atoms with van der Waals surface area (Å²) in [5.74, 6) is 0.265. The number of carbonyl (C=O) groups is 1. The third-order valence-corrected chi connectivity index (χ3v) is 4.51. The van der Waals surface area contributed by atoms with Crippen molar-refractivity contribution in [1.82, 2.24) is 9.97 Å². The zero-order chi connectivity index (χ0) is 14.1. The predicted molar refractivity (Wildman–Crippen MR) is 80.9 cm³/mol. The molecule has 0 unspecified atom stereocenters. The average Bonchev–Trinajstić information content (AvgIpc) is 3.00. The van der Waals surface area contributed by atoms with Gasteiger partial charge in [-0.2, -0.15) is 0 Å². The van der Waals surface area contributed by atoms with Crippen LogP contribution in [-0.4, -0.2) is 22.9 Å². The molecule has 0 aromatic carbocycles. The second kappa shape index (κ2) is 5.38. The molecule has 0 saturated heterocycles. The second-order valence-electron chi connectivity index (χ2n) is 4.47. The monoisotopic (exact) mass is 308 g/mol. The summed E-state index contributed by atoms with van der Waals surface area (Å²) >= 11 is 7.55. The number of pyridine rings is 1. The lowest BCUT2D eigenvalue weighted by Gasteiger charge is -2.06. The smallest absolute Gasteiger partial charge is 0.277 e. The van der Waals surface area contributed by atoms with Crippen molar-refractivity contribution in [3.05, 3.63) is 33.4 Å². The number of hydrogen-bond donors (Lipinski definition) is 2. The maximum absolute atomic E-state index is 12.2. The van der Waals surface area contributed by atoms with Crippen molar-refractivity contribution in [3.63, 3.8) is 0 Å². The molecule has 0 bridgehead atoms. The number of halogens is 1. The highest BCUT2D eigenvalue weighted by Gasteiger charge is 2.19. The van der Waals surface area contributed by atoms with Crippen LogP contribution in [0.4, 0.5) is 10.9 Å². The number of hydrogen-bond acceptors (Lipinski definition) is 5. The topological polar surface area (TPSA) is 66.9 Å². The molecule has 0 aliphatic heterocycles. The lowest BCUT2D eigenvalue weighted by Crippen LogP contribution is -2.15. The van der Waals surface area contributed by atoms with Crippen LogP contribution in [0.3, 0.4) is 0 Å². The van der Waals surface area contributed by atoms with Crippen molar-refractivity contribution in [2.45, 2.75) is 19.3 Å². The van der Waals surface area contributed by atoms with E-state index in [0.717, 1.165) is 25.0 Å². The van der Waals surface area contributed by atoms with E-state index in [-0.39, 0.29) is 11.6 Å². The first-order valence-electron chi connectivity index (χ1n) is 6.31. The van der Waals surface area contributed by atoms with Crippen molar-refractivity contribution in [3.8, 4) is 0 Å². The minimum Gasteiger partial charge on any atom is -0.373 e. The third kappa shape index (κ3) is 2.48. The lowest BCUT2D eigenvalue weighted by molar-refractivity contribution is 0.102. The summed E-state index contributed by atoms with van der Waals surface area (Å²) in [5.41, 5.74) is 1.31. The highest BCUT2D eigenvalue weighted by atomic mass is 35.5. The van der Waals surface area contributed by atoms with Gasteiger partial charge in [-0.3, -0.25) is 10.1 Å². The minimum atomic E-state index is -0.334. The molecule has 7 heteroatoms. The fraction of sp³-hybridized carbons (Fsp3) is 0.308. The minimum absolute atomic E-state index is 0.203. The van der Waals surface area contributed by atoms with Gasteiger partial charge >= 0.3 is 0 Å². The van der Waals surface area contributed by atoms with Crippen LogP contribution in [0.1, 0.15) is 27.5 Å². The number of nitrogens with one attached hydrogen (secondary N) is 2. The van der Waals surface area contributed by atoms with Crippen LogP contribution in [0.5, 0.6) is 0 Å². The fourth-order valence-electron chi connectivity index (χ4n) is 2.14. The maximum atomic E-state index is 12.2. The number of nitrogens with zero attached hydrogens (tertiary/aromatic N) is 2. The summed E-state index contributed by atoms with van der Waals surface area (Å²) < 4.78 is 0. The molecule has 2 aromatic heterocycles. The maximum Gasteiger partial charge on any atom is 0.277 e. The molecular formula is C13H13ClN4OS. The Balaban J connectivity index is 1.81. The van der Waals surface area contributed by atoms with E-state index < -0.39 is 0 Å². The number of thiazole rings is 1. The molecule has 104 valence electrons. The summed E-state index contributed by atoms with van der Waals surface area (Å²) in [6.07, 6.45) is 3.20. The molecule has 1 aliphatic rings. The standard InChI is InChI=1S/C13H13ClN4OS/c1-15-10-6-5-7(14)11(17-10)12(19)18-13-16-8-3-2-4-9(8)20-13/h5-6H,2-4H2,1H3,(H,15,17)(H,16,18,19). The van der Waals surface area contributed by atoms with E-state index in [9.17, 15) is 4.79 Å². The van der Waals surface area contributed by atoms with E-state index in [4.69, 9.17) is 11.6 Å². The Bertz CT molecular complexity index is 649. The van der Waals surface area contributed by atoms with E-state index in [1.165, 1.54) is 16.2 Å². The number of fused-ring (bicyclic) bond motifs is 1. The Morgan fingerprint density at radius 3 is 2.95 bits per heavy atom. The molecule has 0 fully saturated rings. The van der Waals surface area contributed by atoms with E-state index in [0.29, 0.717) is 16.0 Å². The van der Waals surface area contributed by atoms with Crippen LogP contribution < -0.4 is 10.6 Å². The molecule has 0 saturated carbocycles. The van der Waals surface area contributed by atoms with Crippen LogP contribution >= 0.6 is 22.9 Å². The van der Waals surface area contributed by atoms with E-state index in [2.05, 4.69) is 20.6 Å². The molecule has 0 atom stereocenters. The number of aryl methyl sites for hydroxylation is 2. The molecule has 0 spiro atoms. The summed E-state index contributed by atoms with van der Waals surface area (Å²) in [7, 11) is 1.74. The van der Waals surface area contributed by atoms with Crippen LogP contribution in [0.2, 0.25) is 5.02 Å². The molecule has 0 radical (unpaired) electrons. The highest BCUT2D eigenvalue weighted by molar-refractivity contribution is 7.16. The molecule has 2 heterocycles.